The molecule has 1 heterocycles. The molecule has 0 amide bonds. The predicted molar refractivity (Wildman–Crippen MR) is 71.9 cm³/mol. The monoisotopic (exact) mass is 296 g/mol. The van der Waals surface area contributed by atoms with Crippen molar-refractivity contribution >= 4 is 27.3 Å². The smallest absolute Gasteiger partial charge is 0.0840 e. The number of halogens is 1. The minimum absolute atomic E-state index is 0.410. The Morgan fingerprint density at radius 2 is 2.00 bits per heavy atom. The number of aryl methyl sites for hydroxylation is 1. The molecule has 1 aromatic heterocycles. The first-order valence-electron chi connectivity index (χ1n) is 5.14. The molecule has 0 saturated carbocycles. The van der Waals surface area contributed by atoms with Crippen LogP contribution in [0.4, 0.5) is 0 Å². The van der Waals surface area contributed by atoms with Crippen LogP contribution in [-0.2, 0) is 6.42 Å². The van der Waals surface area contributed by atoms with Crippen molar-refractivity contribution in [1.82, 2.24) is 0 Å². The highest BCUT2D eigenvalue weighted by atomic mass is 79.9. The van der Waals surface area contributed by atoms with Gasteiger partial charge in [0.05, 0.1) is 9.89 Å². The predicted octanol–water partition coefficient (Wildman–Crippen LogP) is 4.10. The van der Waals surface area contributed by atoms with Gasteiger partial charge >= 0.3 is 0 Å². The Labute approximate surface area is 108 Å². The number of benzene rings is 1. The van der Waals surface area contributed by atoms with Gasteiger partial charge in [-0.25, -0.2) is 0 Å². The summed E-state index contributed by atoms with van der Waals surface area (Å²) in [4.78, 5) is 1.20. The second kappa shape index (κ2) is 5.13. The van der Waals surface area contributed by atoms with E-state index in [0.29, 0.717) is 6.42 Å². The fourth-order valence-electron chi connectivity index (χ4n) is 1.72. The number of thiophene rings is 1. The maximum atomic E-state index is 10.2. The highest BCUT2D eigenvalue weighted by Crippen LogP contribution is 2.27. The highest BCUT2D eigenvalue weighted by molar-refractivity contribution is 9.11. The van der Waals surface area contributed by atoms with E-state index in [1.165, 1.54) is 4.88 Å². The molecule has 0 spiro atoms. The summed E-state index contributed by atoms with van der Waals surface area (Å²) in [5, 5.41) is 10.2. The van der Waals surface area contributed by atoms with Crippen LogP contribution in [0.15, 0.2) is 40.2 Å². The van der Waals surface area contributed by atoms with Gasteiger partial charge in [0.1, 0.15) is 0 Å². The third-order valence-corrected chi connectivity index (χ3v) is 4.22. The molecule has 1 atom stereocenters. The molecule has 0 aliphatic carbocycles. The van der Waals surface area contributed by atoms with Crippen molar-refractivity contribution in [3.05, 3.63) is 56.2 Å². The van der Waals surface area contributed by atoms with Crippen LogP contribution in [0, 0.1) is 6.92 Å². The molecule has 0 radical (unpaired) electrons. The van der Waals surface area contributed by atoms with Crippen molar-refractivity contribution in [2.45, 2.75) is 19.4 Å². The van der Waals surface area contributed by atoms with Gasteiger partial charge in [-0.15, -0.1) is 11.3 Å². The Morgan fingerprint density at radius 3 is 2.62 bits per heavy atom. The van der Waals surface area contributed by atoms with Crippen molar-refractivity contribution in [1.29, 1.82) is 0 Å². The number of aliphatic hydroxyl groups excluding tert-OH is 1. The highest BCUT2D eigenvalue weighted by Gasteiger charge is 2.11. The number of hydrogen-bond donors (Lipinski definition) is 1. The maximum absolute atomic E-state index is 10.2. The van der Waals surface area contributed by atoms with Gasteiger partial charge in [-0.2, -0.15) is 0 Å². The van der Waals surface area contributed by atoms with Gasteiger partial charge in [-0.1, -0.05) is 24.3 Å². The largest absolute Gasteiger partial charge is 0.388 e. The minimum Gasteiger partial charge on any atom is -0.388 e. The standard InChI is InChI=1S/C13H13BrOS/c1-9-4-2-3-5-11(9)12(15)8-10-6-7-13(14)16-10/h2-7,12,15H,8H2,1H3. The summed E-state index contributed by atoms with van der Waals surface area (Å²) in [5.74, 6) is 0. The lowest BCUT2D eigenvalue weighted by Crippen LogP contribution is -2.02. The molecule has 1 unspecified atom stereocenters. The summed E-state index contributed by atoms with van der Waals surface area (Å²) in [5.41, 5.74) is 2.16. The van der Waals surface area contributed by atoms with Crippen molar-refractivity contribution in [3.8, 4) is 0 Å². The lowest BCUT2D eigenvalue weighted by Gasteiger charge is -2.12. The van der Waals surface area contributed by atoms with Crippen molar-refractivity contribution in [3.63, 3.8) is 0 Å². The van der Waals surface area contributed by atoms with Crippen molar-refractivity contribution in [2.24, 2.45) is 0 Å². The van der Waals surface area contributed by atoms with E-state index < -0.39 is 6.10 Å². The first-order chi connectivity index (χ1) is 7.66. The Balaban J connectivity index is 2.14. The van der Waals surface area contributed by atoms with Crippen LogP contribution in [-0.4, -0.2) is 5.11 Å². The zero-order valence-electron chi connectivity index (χ0n) is 8.98. The van der Waals surface area contributed by atoms with Crippen LogP contribution < -0.4 is 0 Å². The van der Waals surface area contributed by atoms with E-state index >= 15 is 0 Å². The van der Waals surface area contributed by atoms with E-state index in [1.54, 1.807) is 11.3 Å². The second-order valence-electron chi connectivity index (χ2n) is 3.78. The summed E-state index contributed by atoms with van der Waals surface area (Å²) in [6.45, 7) is 2.03. The van der Waals surface area contributed by atoms with E-state index in [2.05, 4.69) is 22.0 Å². The maximum Gasteiger partial charge on any atom is 0.0840 e. The van der Waals surface area contributed by atoms with Crippen molar-refractivity contribution < 1.29 is 5.11 Å². The normalized spacial score (nSPS) is 12.7. The zero-order valence-corrected chi connectivity index (χ0v) is 11.4. The molecule has 1 N–H and O–H groups in total. The zero-order chi connectivity index (χ0) is 11.5. The molecule has 0 aliphatic rings. The quantitative estimate of drug-likeness (QED) is 0.904. The fraction of sp³-hybridized carbons (Fsp3) is 0.231. The minimum atomic E-state index is -0.410. The summed E-state index contributed by atoms with van der Waals surface area (Å²) in [6.07, 6.45) is 0.271. The van der Waals surface area contributed by atoms with Crippen LogP contribution in [0.5, 0.6) is 0 Å². The van der Waals surface area contributed by atoms with Gasteiger partial charge in [-0.05, 0) is 46.1 Å². The Morgan fingerprint density at radius 1 is 1.25 bits per heavy atom. The van der Waals surface area contributed by atoms with E-state index in [1.807, 2.05) is 37.3 Å². The first kappa shape index (κ1) is 11.8. The lowest BCUT2D eigenvalue weighted by molar-refractivity contribution is 0.178. The number of aliphatic hydroxyl groups is 1. The third kappa shape index (κ3) is 2.73. The average molecular weight is 297 g/mol. The van der Waals surface area contributed by atoms with Gasteiger partial charge in [-0.3, -0.25) is 0 Å². The molecule has 3 heteroatoms. The van der Waals surface area contributed by atoms with Gasteiger partial charge in [0, 0.05) is 11.3 Å². The van der Waals surface area contributed by atoms with Gasteiger partial charge in [0.15, 0.2) is 0 Å². The fourth-order valence-corrected chi connectivity index (χ4v) is 3.24. The molecule has 2 aromatic rings. The summed E-state index contributed by atoms with van der Waals surface area (Å²) in [7, 11) is 0. The molecule has 2 rings (SSSR count). The molecule has 84 valence electrons. The van der Waals surface area contributed by atoms with Gasteiger partial charge in [0.2, 0.25) is 0 Å². The van der Waals surface area contributed by atoms with Crippen LogP contribution in [0.1, 0.15) is 22.1 Å². The molecular weight excluding hydrogens is 284 g/mol. The summed E-state index contributed by atoms with van der Waals surface area (Å²) in [6, 6.07) is 12.1. The Kier molecular flexibility index (Phi) is 3.79. The lowest BCUT2D eigenvalue weighted by atomic mass is 10.0. The molecule has 0 aliphatic heterocycles. The number of rotatable bonds is 3. The van der Waals surface area contributed by atoms with Gasteiger partial charge in [0.25, 0.3) is 0 Å². The SMILES string of the molecule is Cc1ccccc1C(O)Cc1ccc(Br)s1. The first-order valence-corrected chi connectivity index (χ1v) is 6.75. The van der Waals surface area contributed by atoms with E-state index in [-0.39, 0.29) is 0 Å². The van der Waals surface area contributed by atoms with Crippen molar-refractivity contribution in [2.75, 3.05) is 0 Å². The molecule has 0 bridgehead atoms. The average Bonchev–Trinajstić information content (AvgIpc) is 2.64. The van der Waals surface area contributed by atoms with Crippen LogP contribution >= 0.6 is 27.3 Å². The van der Waals surface area contributed by atoms with Crippen LogP contribution in [0.2, 0.25) is 0 Å². The van der Waals surface area contributed by atoms with E-state index in [9.17, 15) is 5.11 Å². The Bertz CT molecular complexity index is 478. The van der Waals surface area contributed by atoms with E-state index in [4.69, 9.17) is 0 Å². The molecule has 16 heavy (non-hydrogen) atoms. The van der Waals surface area contributed by atoms with Crippen LogP contribution in [0.25, 0.3) is 0 Å². The molecular formula is C13H13BrOS. The number of hydrogen-bond acceptors (Lipinski definition) is 2. The summed E-state index contributed by atoms with van der Waals surface area (Å²) >= 11 is 5.10. The molecule has 1 aromatic carbocycles. The molecule has 0 saturated heterocycles. The third-order valence-electron chi connectivity index (χ3n) is 2.57. The van der Waals surface area contributed by atoms with Crippen LogP contribution in [0.3, 0.4) is 0 Å². The summed E-state index contributed by atoms with van der Waals surface area (Å²) < 4.78 is 1.11. The van der Waals surface area contributed by atoms with Gasteiger partial charge < -0.3 is 5.11 Å². The topological polar surface area (TPSA) is 20.2 Å². The van der Waals surface area contributed by atoms with E-state index in [0.717, 1.165) is 14.9 Å². The Hall–Kier alpha value is -0.640. The molecule has 1 nitrogen and oxygen atoms in total. The molecule has 0 fully saturated rings. The second-order valence-corrected chi connectivity index (χ2v) is 6.33.